The molecule has 10 nitrogen and oxygen atoms in total. The van der Waals surface area contributed by atoms with Crippen molar-refractivity contribution in [3.63, 3.8) is 0 Å². The number of fused-ring (bicyclic) bond motifs is 2. The molecule has 3 aromatic carbocycles. The number of amides is 3. The van der Waals surface area contributed by atoms with E-state index in [-0.39, 0.29) is 30.3 Å². The molecule has 2 N–H and O–H groups in total. The van der Waals surface area contributed by atoms with Gasteiger partial charge in [0.2, 0.25) is 11.8 Å². The summed E-state index contributed by atoms with van der Waals surface area (Å²) in [6.45, 7) is 2.24. The largest absolute Gasteiger partial charge is 0.385 e. The molecule has 1 unspecified atom stereocenters. The van der Waals surface area contributed by atoms with Gasteiger partial charge < -0.3 is 10.0 Å². The second-order valence-electron chi connectivity index (χ2n) is 11.7. The number of nitrogens with zero attached hydrogens (tertiary/aromatic N) is 4. The summed E-state index contributed by atoms with van der Waals surface area (Å²) in [7, 11) is 0. The van der Waals surface area contributed by atoms with Gasteiger partial charge in [-0.1, -0.05) is 36.4 Å². The standard InChI is InChI=1S/C33H31N5O5/c39-29-11-10-28(30(40)35-29)37-19-22-17-23(7-8-25(22)31(37)41)33(43)12-14-36(15-13-33)18-21-6-9-27-26(16-21)32(42)38(20-34-27)24-4-2-1-3-5-24/h1-9,16-17,20,28,43H,10-15,18-19H2,(H,35,39,40). The first-order chi connectivity index (χ1) is 20.8. The van der Waals surface area contributed by atoms with Gasteiger partial charge in [0.05, 0.1) is 22.2 Å². The first kappa shape index (κ1) is 27.2. The molecule has 0 radical (unpaired) electrons. The van der Waals surface area contributed by atoms with Gasteiger partial charge in [0.25, 0.3) is 11.5 Å². The van der Waals surface area contributed by atoms with E-state index < -0.39 is 17.6 Å². The highest BCUT2D eigenvalue weighted by atomic mass is 16.3. The predicted octanol–water partition coefficient (Wildman–Crippen LogP) is 2.63. The highest BCUT2D eigenvalue weighted by Crippen LogP contribution is 2.37. The van der Waals surface area contributed by atoms with Crippen LogP contribution in [-0.4, -0.2) is 61.3 Å². The zero-order chi connectivity index (χ0) is 29.7. The van der Waals surface area contributed by atoms with E-state index in [1.165, 1.54) is 4.90 Å². The van der Waals surface area contributed by atoms with E-state index in [2.05, 4.69) is 15.2 Å². The first-order valence-corrected chi connectivity index (χ1v) is 14.6. The van der Waals surface area contributed by atoms with Crippen molar-refractivity contribution in [1.82, 2.24) is 24.7 Å². The van der Waals surface area contributed by atoms with Crippen LogP contribution in [0.1, 0.15) is 52.7 Å². The van der Waals surface area contributed by atoms with E-state index >= 15 is 0 Å². The van der Waals surface area contributed by atoms with Crippen LogP contribution in [0.4, 0.5) is 0 Å². The van der Waals surface area contributed by atoms with Gasteiger partial charge in [0.15, 0.2) is 0 Å². The fraction of sp³-hybridized carbons (Fsp3) is 0.303. The minimum atomic E-state index is -1.03. The van der Waals surface area contributed by atoms with Crippen LogP contribution >= 0.6 is 0 Å². The number of carbonyl (C=O) groups excluding carboxylic acids is 3. The zero-order valence-corrected chi connectivity index (χ0v) is 23.5. The SMILES string of the molecule is O=C1CCC(N2Cc3cc(C4(O)CCN(Cc5ccc6ncn(-c7ccccc7)c(=O)c6c5)CC4)ccc3C2=O)C(=O)N1. The van der Waals surface area contributed by atoms with Crippen molar-refractivity contribution in [3.8, 4) is 5.69 Å². The molecule has 4 aromatic rings. The quantitative estimate of drug-likeness (QED) is 0.350. The third-order valence-corrected chi connectivity index (χ3v) is 9.01. The minimum absolute atomic E-state index is 0.114. The van der Waals surface area contributed by atoms with Crippen LogP contribution < -0.4 is 10.9 Å². The molecule has 2 saturated heterocycles. The van der Waals surface area contributed by atoms with Crippen molar-refractivity contribution in [2.24, 2.45) is 0 Å². The summed E-state index contributed by atoms with van der Waals surface area (Å²) in [6, 6.07) is 20.0. The van der Waals surface area contributed by atoms with Crippen LogP contribution in [-0.2, 0) is 28.3 Å². The molecule has 0 spiro atoms. The van der Waals surface area contributed by atoms with Crippen LogP contribution in [0.2, 0.25) is 0 Å². The number of nitrogens with one attached hydrogen (secondary N) is 1. The van der Waals surface area contributed by atoms with Crippen molar-refractivity contribution in [2.45, 2.75) is 50.4 Å². The number of hydrogen-bond acceptors (Lipinski definition) is 7. The molecule has 4 heterocycles. The fourth-order valence-electron chi connectivity index (χ4n) is 6.53. The van der Waals surface area contributed by atoms with Gasteiger partial charge in [-0.05, 0) is 66.3 Å². The molecule has 1 atom stereocenters. The van der Waals surface area contributed by atoms with Gasteiger partial charge in [-0.3, -0.25) is 34.0 Å². The Hall–Kier alpha value is -4.67. The number of benzene rings is 3. The lowest BCUT2D eigenvalue weighted by Crippen LogP contribution is -2.52. The Kier molecular flexibility index (Phi) is 6.67. The number of para-hydroxylation sites is 1. The van der Waals surface area contributed by atoms with Gasteiger partial charge >= 0.3 is 0 Å². The summed E-state index contributed by atoms with van der Waals surface area (Å²) in [5.41, 5.74) is 3.36. The third-order valence-electron chi connectivity index (χ3n) is 9.01. The zero-order valence-electron chi connectivity index (χ0n) is 23.5. The Bertz CT molecular complexity index is 1830. The third kappa shape index (κ3) is 4.92. The Labute approximate surface area is 247 Å². The number of rotatable bonds is 5. The van der Waals surface area contributed by atoms with E-state index in [0.717, 1.165) is 22.4 Å². The van der Waals surface area contributed by atoms with Crippen LogP contribution in [0.15, 0.2) is 77.9 Å². The normalized spacial score (nSPS) is 20.3. The van der Waals surface area contributed by atoms with Gasteiger partial charge in [0.1, 0.15) is 12.4 Å². The maximum atomic E-state index is 13.3. The van der Waals surface area contributed by atoms with Crippen LogP contribution in [0.3, 0.4) is 0 Å². The minimum Gasteiger partial charge on any atom is -0.385 e. The Morgan fingerprint density at radius 1 is 0.953 bits per heavy atom. The summed E-state index contributed by atoms with van der Waals surface area (Å²) < 4.78 is 1.56. The Morgan fingerprint density at radius 2 is 1.74 bits per heavy atom. The van der Waals surface area contributed by atoms with Gasteiger partial charge in [0, 0.05) is 38.2 Å². The molecule has 3 aliphatic rings. The Balaban J connectivity index is 1.04. The lowest BCUT2D eigenvalue weighted by molar-refractivity contribution is -0.136. The molecule has 218 valence electrons. The second kappa shape index (κ2) is 10.6. The van der Waals surface area contributed by atoms with Gasteiger partial charge in [-0.15, -0.1) is 0 Å². The average molecular weight is 578 g/mol. The van der Waals surface area contributed by atoms with Crippen LogP contribution in [0, 0.1) is 0 Å². The van der Waals surface area contributed by atoms with E-state index in [0.29, 0.717) is 55.4 Å². The number of piperidine rings is 2. The van der Waals surface area contributed by atoms with E-state index in [4.69, 9.17) is 0 Å². The summed E-state index contributed by atoms with van der Waals surface area (Å²) >= 11 is 0. The number of aromatic nitrogens is 2. The van der Waals surface area contributed by atoms with Crippen molar-refractivity contribution in [3.05, 3.63) is 106 Å². The Morgan fingerprint density at radius 3 is 2.51 bits per heavy atom. The average Bonchev–Trinajstić information content (AvgIpc) is 3.34. The predicted molar refractivity (Wildman–Crippen MR) is 158 cm³/mol. The molecule has 0 aliphatic carbocycles. The van der Waals surface area contributed by atoms with Crippen LogP contribution in [0.25, 0.3) is 16.6 Å². The summed E-state index contributed by atoms with van der Waals surface area (Å²) in [6.07, 6.45) is 3.12. The van der Waals surface area contributed by atoms with E-state index in [9.17, 15) is 24.3 Å². The topological polar surface area (TPSA) is 125 Å². The number of aliphatic hydroxyl groups is 1. The van der Waals surface area contributed by atoms with E-state index in [1.54, 1.807) is 17.0 Å². The number of imide groups is 1. The smallest absolute Gasteiger partial charge is 0.265 e. The number of carbonyl (C=O) groups is 3. The maximum absolute atomic E-state index is 13.3. The first-order valence-electron chi connectivity index (χ1n) is 14.6. The maximum Gasteiger partial charge on any atom is 0.265 e. The molecule has 43 heavy (non-hydrogen) atoms. The molecule has 10 heteroatoms. The summed E-state index contributed by atoms with van der Waals surface area (Å²) in [5, 5.41) is 14.5. The molecule has 1 aromatic heterocycles. The van der Waals surface area contributed by atoms with Crippen molar-refractivity contribution in [2.75, 3.05) is 13.1 Å². The van der Waals surface area contributed by atoms with Crippen molar-refractivity contribution in [1.29, 1.82) is 0 Å². The monoisotopic (exact) mass is 577 g/mol. The molecule has 3 amide bonds. The summed E-state index contributed by atoms with van der Waals surface area (Å²) in [4.78, 5) is 58.6. The molecule has 0 bridgehead atoms. The fourth-order valence-corrected chi connectivity index (χ4v) is 6.53. The van der Waals surface area contributed by atoms with Crippen molar-refractivity contribution < 1.29 is 19.5 Å². The van der Waals surface area contributed by atoms with E-state index in [1.807, 2.05) is 60.7 Å². The highest BCUT2D eigenvalue weighted by Gasteiger charge is 2.40. The van der Waals surface area contributed by atoms with Gasteiger partial charge in [-0.25, -0.2) is 4.98 Å². The van der Waals surface area contributed by atoms with Gasteiger partial charge in [-0.2, -0.15) is 0 Å². The summed E-state index contributed by atoms with van der Waals surface area (Å²) in [5.74, 6) is -0.975. The molecular weight excluding hydrogens is 546 g/mol. The number of likely N-dealkylation sites (tertiary alicyclic amines) is 1. The lowest BCUT2D eigenvalue weighted by Gasteiger charge is -2.38. The molecule has 3 aliphatic heterocycles. The highest BCUT2D eigenvalue weighted by molar-refractivity contribution is 6.05. The van der Waals surface area contributed by atoms with Crippen LogP contribution in [0.5, 0.6) is 0 Å². The molecule has 0 saturated carbocycles. The molecular formula is C33H31N5O5. The number of hydrogen-bond donors (Lipinski definition) is 2. The lowest BCUT2D eigenvalue weighted by atomic mass is 9.83. The van der Waals surface area contributed by atoms with Crippen molar-refractivity contribution >= 4 is 28.6 Å². The molecule has 7 rings (SSSR count). The second-order valence-corrected chi connectivity index (χ2v) is 11.7. The molecule has 2 fully saturated rings.